The SMILES string of the molecule is CC1CN(c2ccc3c(c2)NCc2cccnc2N3)C/C(=C\O)O1. The number of anilines is 4. The fourth-order valence-corrected chi connectivity index (χ4v) is 3.16. The summed E-state index contributed by atoms with van der Waals surface area (Å²) < 4.78 is 5.60. The first kappa shape index (κ1) is 14.7. The molecule has 1 fully saturated rings. The Bertz CT molecular complexity index is 790. The van der Waals surface area contributed by atoms with Crippen LogP contribution >= 0.6 is 0 Å². The average molecular weight is 324 g/mol. The van der Waals surface area contributed by atoms with Gasteiger partial charge in [0.15, 0.2) is 0 Å². The van der Waals surface area contributed by atoms with Crippen molar-refractivity contribution < 1.29 is 9.84 Å². The fourth-order valence-electron chi connectivity index (χ4n) is 3.16. The van der Waals surface area contributed by atoms with Gasteiger partial charge in [0.25, 0.3) is 0 Å². The van der Waals surface area contributed by atoms with Crippen LogP contribution in [0, 0.1) is 0 Å². The zero-order valence-electron chi connectivity index (χ0n) is 13.5. The van der Waals surface area contributed by atoms with Crippen LogP contribution in [-0.4, -0.2) is 29.3 Å². The van der Waals surface area contributed by atoms with Gasteiger partial charge in [0.1, 0.15) is 23.9 Å². The number of pyridine rings is 1. The number of aliphatic hydroxyl groups is 1. The fraction of sp³-hybridized carbons (Fsp3) is 0.278. The van der Waals surface area contributed by atoms with E-state index in [-0.39, 0.29) is 6.10 Å². The zero-order valence-corrected chi connectivity index (χ0v) is 13.5. The summed E-state index contributed by atoms with van der Waals surface area (Å²) in [6.07, 6.45) is 2.88. The highest BCUT2D eigenvalue weighted by atomic mass is 16.5. The highest BCUT2D eigenvalue weighted by Gasteiger charge is 2.22. The molecule has 6 nitrogen and oxygen atoms in total. The molecule has 3 N–H and O–H groups in total. The van der Waals surface area contributed by atoms with Crippen molar-refractivity contribution in [3.8, 4) is 0 Å². The first-order valence-electron chi connectivity index (χ1n) is 8.06. The molecule has 3 heterocycles. The second-order valence-corrected chi connectivity index (χ2v) is 6.12. The average Bonchev–Trinajstić information content (AvgIpc) is 2.79. The lowest BCUT2D eigenvalue weighted by molar-refractivity contribution is 0.105. The van der Waals surface area contributed by atoms with Crippen molar-refractivity contribution >= 4 is 22.9 Å². The van der Waals surface area contributed by atoms with Crippen molar-refractivity contribution in [2.24, 2.45) is 0 Å². The van der Waals surface area contributed by atoms with E-state index >= 15 is 0 Å². The molecular weight excluding hydrogens is 304 g/mol. The molecule has 2 aliphatic rings. The number of aliphatic hydroxyl groups excluding tert-OH is 1. The number of ether oxygens (including phenoxy) is 1. The van der Waals surface area contributed by atoms with E-state index in [1.807, 2.05) is 13.0 Å². The summed E-state index contributed by atoms with van der Waals surface area (Å²) in [5.74, 6) is 1.48. The van der Waals surface area contributed by atoms with Crippen molar-refractivity contribution in [3.63, 3.8) is 0 Å². The largest absolute Gasteiger partial charge is 0.512 e. The topological polar surface area (TPSA) is 69.7 Å². The maximum absolute atomic E-state index is 9.26. The summed E-state index contributed by atoms with van der Waals surface area (Å²) >= 11 is 0. The van der Waals surface area contributed by atoms with Crippen LogP contribution in [0.1, 0.15) is 12.5 Å². The van der Waals surface area contributed by atoms with Crippen LogP contribution in [0.4, 0.5) is 22.9 Å². The zero-order chi connectivity index (χ0) is 16.5. The number of hydrogen-bond donors (Lipinski definition) is 3. The third-order valence-electron chi connectivity index (χ3n) is 4.30. The molecule has 0 bridgehead atoms. The Hall–Kier alpha value is -2.89. The number of hydrogen-bond acceptors (Lipinski definition) is 6. The molecule has 0 spiro atoms. The molecule has 1 aromatic heterocycles. The van der Waals surface area contributed by atoms with Crippen LogP contribution in [-0.2, 0) is 11.3 Å². The predicted octanol–water partition coefficient (Wildman–Crippen LogP) is 3.38. The summed E-state index contributed by atoms with van der Waals surface area (Å²) in [5, 5.41) is 16.1. The van der Waals surface area contributed by atoms with Crippen LogP contribution in [0.2, 0.25) is 0 Å². The van der Waals surface area contributed by atoms with Gasteiger partial charge in [-0.25, -0.2) is 4.98 Å². The van der Waals surface area contributed by atoms with Crippen molar-refractivity contribution in [1.82, 2.24) is 4.98 Å². The van der Waals surface area contributed by atoms with Gasteiger partial charge in [0.05, 0.1) is 24.5 Å². The summed E-state index contributed by atoms with van der Waals surface area (Å²) in [7, 11) is 0. The summed E-state index contributed by atoms with van der Waals surface area (Å²) in [6, 6.07) is 10.3. The summed E-state index contributed by atoms with van der Waals surface area (Å²) in [4.78, 5) is 6.61. The van der Waals surface area contributed by atoms with E-state index in [2.05, 4.69) is 44.8 Å². The lowest BCUT2D eigenvalue weighted by atomic mass is 10.2. The number of rotatable bonds is 1. The number of nitrogens with zero attached hydrogens (tertiary/aromatic N) is 2. The van der Waals surface area contributed by atoms with Crippen LogP contribution in [0.3, 0.4) is 0 Å². The van der Waals surface area contributed by atoms with Crippen LogP contribution in [0.5, 0.6) is 0 Å². The van der Waals surface area contributed by atoms with Crippen LogP contribution in [0.25, 0.3) is 0 Å². The van der Waals surface area contributed by atoms with Crippen molar-refractivity contribution in [2.45, 2.75) is 19.6 Å². The van der Waals surface area contributed by atoms with E-state index in [1.165, 1.54) is 0 Å². The minimum absolute atomic E-state index is 0.0375. The Morgan fingerprint density at radius 2 is 2.25 bits per heavy atom. The number of fused-ring (bicyclic) bond motifs is 2. The molecule has 2 aromatic rings. The van der Waals surface area contributed by atoms with E-state index in [1.54, 1.807) is 6.20 Å². The second kappa shape index (κ2) is 5.96. The Morgan fingerprint density at radius 1 is 1.33 bits per heavy atom. The van der Waals surface area contributed by atoms with E-state index in [9.17, 15) is 5.11 Å². The van der Waals surface area contributed by atoms with Gasteiger partial charge in [-0.2, -0.15) is 0 Å². The minimum atomic E-state index is 0.0375. The van der Waals surface area contributed by atoms with E-state index in [0.717, 1.165) is 47.8 Å². The standard InChI is InChI=1S/C18H20N4O2/c1-12-9-22(10-15(11-23)24-12)14-4-5-16-17(7-14)20-8-13-3-2-6-19-18(13)21-16/h2-7,11-12,20,23H,8-10H2,1H3,(H,19,21)/b15-11+. The number of morpholine rings is 1. The van der Waals surface area contributed by atoms with Crippen molar-refractivity contribution in [1.29, 1.82) is 0 Å². The monoisotopic (exact) mass is 324 g/mol. The molecule has 124 valence electrons. The summed E-state index contributed by atoms with van der Waals surface area (Å²) in [5.41, 5.74) is 4.28. The van der Waals surface area contributed by atoms with E-state index < -0.39 is 0 Å². The quantitative estimate of drug-likeness (QED) is 0.699. The molecule has 0 radical (unpaired) electrons. The lowest BCUT2D eigenvalue weighted by Gasteiger charge is -2.34. The first-order chi connectivity index (χ1) is 11.7. The minimum Gasteiger partial charge on any atom is -0.512 e. The van der Waals surface area contributed by atoms with Gasteiger partial charge in [-0.1, -0.05) is 6.07 Å². The molecule has 0 aliphatic carbocycles. The van der Waals surface area contributed by atoms with E-state index in [4.69, 9.17) is 4.74 Å². The molecule has 1 atom stereocenters. The Labute approximate surface area is 140 Å². The Kier molecular flexibility index (Phi) is 3.65. The van der Waals surface area contributed by atoms with Gasteiger partial charge >= 0.3 is 0 Å². The smallest absolute Gasteiger partial charge is 0.150 e. The van der Waals surface area contributed by atoms with Gasteiger partial charge < -0.3 is 25.4 Å². The molecule has 2 aliphatic heterocycles. The van der Waals surface area contributed by atoms with E-state index in [0.29, 0.717) is 12.3 Å². The van der Waals surface area contributed by atoms with Gasteiger partial charge in [0.2, 0.25) is 0 Å². The maximum Gasteiger partial charge on any atom is 0.150 e. The molecule has 24 heavy (non-hydrogen) atoms. The molecule has 1 unspecified atom stereocenters. The molecule has 4 rings (SSSR count). The molecule has 1 aromatic carbocycles. The highest BCUT2D eigenvalue weighted by molar-refractivity contribution is 5.80. The van der Waals surface area contributed by atoms with Gasteiger partial charge in [-0.3, -0.25) is 0 Å². The molecule has 6 heteroatoms. The Balaban J connectivity index is 1.63. The lowest BCUT2D eigenvalue weighted by Crippen LogP contribution is -2.40. The molecule has 0 amide bonds. The number of benzene rings is 1. The number of aromatic nitrogens is 1. The van der Waals surface area contributed by atoms with Crippen molar-refractivity contribution in [3.05, 3.63) is 54.1 Å². The predicted molar refractivity (Wildman–Crippen MR) is 94.8 cm³/mol. The van der Waals surface area contributed by atoms with Gasteiger partial charge in [-0.15, -0.1) is 0 Å². The van der Waals surface area contributed by atoms with Gasteiger partial charge in [-0.05, 0) is 31.2 Å². The first-order valence-corrected chi connectivity index (χ1v) is 8.06. The maximum atomic E-state index is 9.26. The molecule has 1 saturated heterocycles. The third kappa shape index (κ3) is 2.71. The van der Waals surface area contributed by atoms with Crippen LogP contribution < -0.4 is 15.5 Å². The summed E-state index contributed by atoms with van der Waals surface area (Å²) in [6.45, 7) is 4.08. The molecular formula is C18H20N4O2. The highest BCUT2D eigenvalue weighted by Crippen LogP contribution is 2.34. The van der Waals surface area contributed by atoms with Gasteiger partial charge in [0, 0.05) is 24.0 Å². The molecule has 0 saturated carbocycles. The Morgan fingerprint density at radius 3 is 3.12 bits per heavy atom. The van der Waals surface area contributed by atoms with Crippen LogP contribution in [0.15, 0.2) is 48.5 Å². The normalized spacial score (nSPS) is 21.0. The second-order valence-electron chi connectivity index (χ2n) is 6.12. The number of nitrogens with one attached hydrogen (secondary N) is 2. The van der Waals surface area contributed by atoms with Crippen molar-refractivity contribution in [2.75, 3.05) is 28.6 Å². The third-order valence-corrected chi connectivity index (χ3v) is 4.30.